The van der Waals surface area contributed by atoms with E-state index in [1.807, 2.05) is 6.07 Å². The van der Waals surface area contributed by atoms with E-state index in [0.29, 0.717) is 34.3 Å². The SMILES string of the molecule is COC(=O)c1ccc(Nc2cc(C(=O)Nc3ccccc3OC)nc(C)n2)cc1. The van der Waals surface area contributed by atoms with E-state index in [0.717, 1.165) is 0 Å². The number of aryl methyl sites for hydroxylation is 1. The molecule has 0 spiro atoms. The number of amides is 1. The average molecular weight is 392 g/mol. The van der Waals surface area contributed by atoms with Crippen molar-refractivity contribution in [2.24, 2.45) is 0 Å². The highest BCUT2D eigenvalue weighted by Gasteiger charge is 2.13. The van der Waals surface area contributed by atoms with E-state index in [1.54, 1.807) is 55.5 Å². The molecule has 8 heteroatoms. The molecule has 0 radical (unpaired) electrons. The molecule has 0 bridgehead atoms. The van der Waals surface area contributed by atoms with Gasteiger partial charge in [0, 0.05) is 11.8 Å². The molecule has 148 valence electrons. The zero-order valence-electron chi connectivity index (χ0n) is 16.2. The third-order valence-electron chi connectivity index (χ3n) is 4.00. The molecule has 29 heavy (non-hydrogen) atoms. The fourth-order valence-corrected chi connectivity index (χ4v) is 2.64. The van der Waals surface area contributed by atoms with Crippen molar-refractivity contribution in [3.63, 3.8) is 0 Å². The van der Waals surface area contributed by atoms with Gasteiger partial charge in [-0.2, -0.15) is 0 Å². The van der Waals surface area contributed by atoms with Crippen molar-refractivity contribution in [3.8, 4) is 5.75 Å². The van der Waals surface area contributed by atoms with E-state index >= 15 is 0 Å². The summed E-state index contributed by atoms with van der Waals surface area (Å²) in [6.45, 7) is 1.70. The van der Waals surface area contributed by atoms with Crippen LogP contribution >= 0.6 is 0 Å². The van der Waals surface area contributed by atoms with Crippen molar-refractivity contribution in [2.75, 3.05) is 24.9 Å². The van der Waals surface area contributed by atoms with Gasteiger partial charge >= 0.3 is 5.97 Å². The molecule has 3 aromatic rings. The van der Waals surface area contributed by atoms with E-state index in [2.05, 4.69) is 25.3 Å². The van der Waals surface area contributed by atoms with Crippen LogP contribution in [0.1, 0.15) is 26.7 Å². The van der Waals surface area contributed by atoms with Crippen LogP contribution in [0.15, 0.2) is 54.6 Å². The van der Waals surface area contributed by atoms with Crippen molar-refractivity contribution in [3.05, 3.63) is 71.7 Å². The largest absolute Gasteiger partial charge is 0.495 e. The second-order valence-corrected chi connectivity index (χ2v) is 6.03. The van der Waals surface area contributed by atoms with Gasteiger partial charge in [-0.25, -0.2) is 14.8 Å². The van der Waals surface area contributed by atoms with E-state index in [1.165, 1.54) is 14.2 Å². The van der Waals surface area contributed by atoms with Gasteiger partial charge in [-0.3, -0.25) is 4.79 Å². The Kier molecular flexibility index (Phi) is 6.03. The maximum atomic E-state index is 12.7. The molecule has 2 N–H and O–H groups in total. The summed E-state index contributed by atoms with van der Waals surface area (Å²) < 4.78 is 9.93. The summed E-state index contributed by atoms with van der Waals surface area (Å²) in [5, 5.41) is 5.89. The predicted molar refractivity (Wildman–Crippen MR) is 109 cm³/mol. The number of rotatable bonds is 6. The highest BCUT2D eigenvalue weighted by atomic mass is 16.5. The quantitative estimate of drug-likeness (QED) is 0.618. The summed E-state index contributed by atoms with van der Waals surface area (Å²) >= 11 is 0. The first kappa shape index (κ1) is 19.8. The van der Waals surface area contributed by atoms with Gasteiger partial charge in [0.25, 0.3) is 5.91 Å². The number of methoxy groups -OCH3 is 2. The van der Waals surface area contributed by atoms with Crippen LogP contribution < -0.4 is 15.4 Å². The molecular formula is C21H20N4O4. The fraction of sp³-hybridized carbons (Fsp3) is 0.143. The van der Waals surface area contributed by atoms with Gasteiger partial charge in [0.1, 0.15) is 23.1 Å². The van der Waals surface area contributed by atoms with Crippen LogP contribution in [0.3, 0.4) is 0 Å². The molecule has 0 saturated carbocycles. The van der Waals surface area contributed by atoms with Gasteiger partial charge in [-0.1, -0.05) is 12.1 Å². The number of hydrogen-bond acceptors (Lipinski definition) is 7. The Hall–Kier alpha value is -3.94. The van der Waals surface area contributed by atoms with Crippen molar-refractivity contribution in [1.29, 1.82) is 0 Å². The molecule has 0 aliphatic rings. The number of anilines is 3. The number of benzene rings is 2. The van der Waals surface area contributed by atoms with Crippen LogP contribution in [-0.2, 0) is 4.74 Å². The van der Waals surface area contributed by atoms with E-state index in [-0.39, 0.29) is 11.6 Å². The van der Waals surface area contributed by atoms with Crippen LogP contribution in [0.4, 0.5) is 17.2 Å². The molecule has 0 fully saturated rings. The molecule has 0 aliphatic heterocycles. The number of hydrogen-bond donors (Lipinski definition) is 2. The fourth-order valence-electron chi connectivity index (χ4n) is 2.64. The zero-order chi connectivity index (χ0) is 20.8. The third kappa shape index (κ3) is 4.86. The lowest BCUT2D eigenvalue weighted by Crippen LogP contribution is -2.16. The Morgan fingerprint density at radius 1 is 0.966 bits per heavy atom. The van der Waals surface area contributed by atoms with Gasteiger partial charge in [-0.15, -0.1) is 0 Å². The lowest BCUT2D eigenvalue weighted by Gasteiger charge is -2.11. The van der Waals surface area contributed by atoms with Crippen molar-refractivity contribution >= 4 is 29.1 Å². The van der Waals surface area contributed by atoms with Gasteiger partial charge in [0.05, 0.1) is 25.5 Å². The van der Waals surface area contributed by atoms with Crippen molar-refractivity contribution in [2.45, 2.75) is 6.92 Å². The molecule has 1 amide bonds. The van der Waals surface area contributed by atoms with Gasteiger partial charge in [0.2, 0.25) is 0 Å². The topological polar surface area (TPSA) is 102 Å². The predicted octanol–water partition coefficient (Wildman–Crippen LogP) is 3.58. The first-order chi connectivity index (χ1) is 14.0. The van der Waals surface area contributed by atoms with Gasteiger partial charge in [-0.05, 0) is 43.3 Å². The van der Waals surface area contributed by atoms with E-state index in [9.17, 15) is 9.59 Å². The molecule has 2 aromatic carbocycles. The van der Waals surface area contributed by atoms with Crippen LogP contribution in [0.5, 0.6) is 5.75 Å². The monoisotopic (exact) mass is 392 g/mol. The molecule has 1 heterocycles. The summed E-state index contributed by atoms with van der Waals surface area (Å²) in [6.07, 6.45) is 0. The van der Waals surface area contributed by atoms with Crippen molar-refractivity contribution < 1.29 is 19.1 Å². The number of nitrogens with one attached hydrogen (secondary N) is 2. The maximum absolute atomic E-state index is 12.7. The third-order valence-corrected chi connectivity index (χ3v) is 4.00. The Morgan fingerprint density at radius 3 is 2.38 bits per heavy atom. The van der Waals surface area contributed by atoms with Crippen LogP contribution in [-0.4, -0.2) is 36.1 Å². The summed E-state index contributed by atoms with van der Waals surface area (Å²) in [4.78, 5) is 32.7. The summed E-state index contributed by atoms with van der Waals surface area (Å²) in [7, 11) is 2.86. The first-order valence-corrected chi connectivity index (χ1v) is 8.75. The van der Waals surface area contributed by atoms with Crippen molar-refractivity contribution in [1.82, 2.24) is 9.97 Å². The Labute approximate surface area is 167 Å². The molecular weight excluding hydrogens is 372 g/mol. The first-order valence-electron chi connectivity index (χ1n) is 8.75. The normalized spacial score (nSPS) is 10.2. The number of para-hydroxylation sites is 2. The Balaban J connectivity index is 1.79. The summed E-state index contributed by atoms with van der Waals surface area (Å²) in [6, 6.07) is 15.4. The second kappa shape index (κ2) is 8.83. The van der Waals surface area contributed by atoms with E-state index < -0.39 is 5.97 Å². The number of esters is 1. The summed E-state index contributed by atoms with van der Waals surface area (Å²) in [5.74, 6) is 0.643. The number of nitrogens with zero attached hydrogens (tertiary/aromatic N) is 2. The van der Waals surface area contributed by atoms with Crippen LogP contribution in [0.2, 0.25) is 0 Å². The van der Waals surface area contributed by atoms with E-state index in [4.69, 9.17) is 4.74 Å². The lowest BCUT2D eigenvalue weighted by molar-refractivity contribution is 0.0600. The average Bonchev–Trinajstić information content (AvgIpc) is 2.73. The maximum Gasteiger partial charge on any atom is 0.337 e. The van der Waals surface area contributed by atoms with Gasteiger partial charge in [0.15, 0.2) is 0 Å². The highest BCUT2D eigenvalue weighted by Crippen LogP contribution is 2.24. The number of aromatic nitrogens is 2. The van der Waals surface area contributed by atoms with Crippen LogP contribution in [0.25, 0.3) is 0 Å². The number of carbonyl (C=O) groups is 2. The number of ether oxygens (including phenoxy) is 2. The Bertz CT molecular complexity index is 1040. The lowest BCUT2D eigenvalue weighted by atomic mass is 10.2. The number of carbonyl (C=O) groups excluding carboxylic acids is 2. The highest BCUT2D eigenvalue weighted by molar-refractivity contribution is 6.04. The molecule has 0 unspecified atom stereocenters. The minimum absolute atomic E-state index is 0.206. The molecule has 0 aliphatic carbocycles. The summed E-state index contributed by atoms with van der Waals surface area (Å²) in [5.41, 5.74) is 1.89. The zero-order valence-corrected chi connectivity index (χ0v) is 16.2. The smallest absolute Gasteiger partial charge is 0.337 e. The molecule has 0 atom stereocenters. The second-order valence-electron chi connectivity index (χ2n) is 6.03. The van der Waals surface area contributed by atoms with Crippen LogP contribution in [0, 0.1) is 6.92 Å². The minimum Gasteiger partial charge on any atom is -0.495 e. The molecule has 3 rings (SSSR count). The Morgan fingerprint density at radius 2 is 1.69 bits per heavy atom. The minimum atomic E-state index is -0.412. The molecule has 1 aromatic heterocycles. The standard InChI is InChI=1S/C21H20N4O4/c1-13-22-17(20(26)25-16-6-4-5-7-18(16)28-2)12-19(23-13)24-15-10-8-14(9-11-15)21(27)29-3/h4-12H,1-3H3,(H,25,26)(H,22,23,24). The molecule has 8 nitrogen and oxygen atoms in total. The molecule has 0 saturated heterocycles. The van der Waals surface area contributed by atoms with Gasteiger partial charge < -0.3 is 20.1 Å².